The van der Waals surface area contributed by atoms with Gasteiger partial charge in [-0.3, -0.25) is 4.79 Å². The quantitative estimate of drug-likeness (QED) is 0.912. The van der Waals surface area contributed by atoms with Gasteiger partial charge in [0.2, 0.25) is 0 Å². The summed E-state index contributed by atoms with van der Waals surface area (Å²) in [5.74, 6) is -3.03. The summed E-state index contributed by atoms with van der Waals surface area (Å²) in [6, 6.07) is 2.06. The third kappa shape index (κ3) is 2.88. The molecule has 116 valence electrons. The average molecular weight is 304 g/mol. The summed E-state index contributed by atoms with van der Waals surface area (Å²) < 4.78 is 39.3. The third-order valence-corrected chi connectivity index (χ3v) is 3.73. The van der Waals surface area contributed by atoms with Crippen LogP contribution in [0.1, 0.15) is 41.5 Å². The number of aromatic nitrogens is 1. The fourth-order valence-electron chi connectivity index (χ4n) is 2.72. The predicted octanol–water partition coefficient (Wildman–Crippen LogP) is 2.34. The first kappa shape index (κ1) is 15.4. The van der Waals surface area contributed by atoms with Crippen molar-refractivity contribution in [3.63, 3.8) is 0 Å². The highest BCUT2D eigenvalue weighted by Crippen LogP contribution is 2.34. The molecule has 2 rings (SSSR count). The van der Waals surface area contributed by atoms with Crippen molar-refractivity contribution in [1.82, 2.24) is 9.47 Å². The Balaban J connectivity index is 2.36. The minimum Gasteiger partial charge on any atom is -0.477 e. The molecule has 1 saturated heterocycles. The maximum atomic E-state index is 12.7. The first-order valence-electron chi connectivity index (χ1n) is 6.50. The minimum absolute atomic E-state index is 0.0185. The lowest BCUT2D eigenvalue weighted by atomic mass is 9.99. The zero-order chi connectivity index (χ0) is 15.8. The number of hydrogen-bond donors (Lipinski definition) is 1. The topological polar surface area (TPSA) is 62.5 Å². The van der Waals surface area contributed by atoms with Crippen LogP contribution in [-0.2, 0) is 11.8 Å². The third-order valence-electron chi connectivity index (χ3n) is 3.73. The van der Waals surface area contributed by atoms with Crippen LogP contribution in [0.15, 0.2) is 12.1 Å². The van der Waals surface area contributed by atoms with Crippen molar-refractivity contribution in [2.24, 2.45) is 7.05 Å². The highest BCUT2D eigenvalue weighted by molar-refractivity contribution is 5.86. The highest BCUT2D eigenvalue weighted by atomic mass is 19.4. The Labute approximate surface area is 119 Å². The number of carboxylic acids is 1. The monoisotopic (exact) mass is 304 g/mol. The zero-order valence-corrected chi connectivity index (χ0v) is 11.4. The number of rotatable bonds is 2. The number of amides is 1. The van der Waals surface area contributed by atoms with Crippen molar-refractivity contribution in [2.45, 2.75) is 31.5 Å². The molecule has 1 unspecified atom stereocenters. The number of carbonyl (C=O) groups is 2. The Hall–Kier alpha value is -1.99. The molecule has 21 heavy (non-hydrogen) atoms. The second-order valence-corrected chi connectivity index (χ2v) is 5.02. The first-order valence-corrected chi connectivity index (χ1v) is 6.50. The van der Waals surface area contributed by atoms with Crippen molar-refractivity contribution < 1.29 is 27.9 Å². The average Bonchev–Trinajstić information content (AvgIpc) is 2.78. The molecule has 5 nitrogen and oxygen atoms in total. The maximum Gasteiger partial charge on any atom is 0.471 e. The van der Waals surface area contributed by atoms with E-state index in [0.29, 0.717) is 25.0 Å². The molecular weight excluding hydrogens is 289 g/mol. The van der Waals surface area contributed by atoms with Crippen LogP contribution in [0.4, 0.5) is 13.2 Å². The van der Waals surface area contributed by atoms with Gasteiger partial charge in [0, 0.05) is 19.3 Å². The standard InChI is InChI=1S/C13H15F3N2O3/c1-17-8(5-6-10(17)11(19)20)9-4-2-3-7-18(9)12(21)13(14,15)16/h5-6,9H,2-4,7H2,1H3,(H,19,20). The van der Waals surface area contributed by atoms with Crippen LogP contribution in [0, 0.1) is 0 Å². The van der Waals surface area contributed by atoms with Crippen LogP contribution in [0.25, 0.3) is 0 Å². The lowest BCUT2D eigenvalue weighted by Crippen LogP contribution is -2.46. The summed E-state index contributed by atoms with van der Waals surface area (Å²) >= 11 is 0. The van der Waals surface area contributed by atoms with Crippen molar-refractivity contribution in [3.05, 3.63) is 23.5 Å². The molecular formula is C13H15F3N2O3. The molecule has 0 aromatic carbocycles. The van der Waals surface area contributed by atoms with E-state index >= 15 is 0 Å². The van der Waals surface area contributed by atoms with E-state index in [-0.39, 0.29) is 12.2 Å². The largest absolute Gasteiger partial charge is 0.477 e. The normalized spacial score (nSPS) is 19.6. The number of aromatic carboxylic acids is 1. The van der Waals surface area contributed by atoms with Crippen molar-refractivity contribution in [3.8, 4) is 0 Å². The zero-order valence-electron chi connectivity index (χ0n) is 11.4. The van der Waals surface area contributed by atoms with Crippen molar-refractivity contribution >= 4 is 11.9 Å². The Morgan fingerprint density at radius 3 is 2.48 bits per heavy atom. The summed E-state index contributed by atoms with van der Waals surface area (Å²) in [5.41, 5.74) is 0.389. The molecule has 1 atom stereocenters. The van der Waals surface area contributed by atoms with Gasteiger partial charge in [0.05, 0.1) is 6.04 Å². The van der Waals surface area contributed by atoms with E-state index in [1.54, 1.807) is 0 Å². The Bertz CT molecular complexity index is 565. The van der Waals surface area contributed by atoms with Crippen LogP contribution in [0.3, 0.4) is 0 Å². The van der Waals surface area contributed by atoms with Gasteiger partial charge in [0.15, 0.2) is 0 Å². The number of halogens is 3. The first-order chi connectivity index (χ1) is 9.73. The van der Waals surface area contributed by atoms with E-state index in [2.05, 4.69) is 0 Å². The summed E-state index contributed by atoms with van der Waals surface area (Å²) in [4.78, 5) is 23.3. The molecule has 0 bridgehead atoms. The molecule has 0 radical (unpaired) electrons. The molecule has 1 aromatic rings. The van der Waals surface area contributed by atoms with Gasteiger partial charge >= 0.3 is 18.1 Å². The number of piperidine rings is 1. The number of likely N-dealkylation sites (tertiary alicyclic amines) is 1. The van der Waals surface area contributed by atoms with Gasteiger partial charge in [0.25, 0.3) is 0 Å². The fraction of sp³-hybridized carbons (Fsp3) is 0.538. The van der Waals surface area contributed by atoms with Gasteiger partial charge in [-0.05, 0) is 31.4 Å². The molecule has 1 N–H and O–H groups in total. The van der Waals surface area contributed by atoms with Gasteiger partial charge in [-0.2, -0.15) is 13.2 Å². The Kier molecular flexibility index (Phi) is 3.97. The van der Waals surface area contributed by atoms with Crippen LogP contribution >= 0.6 is 0 Å². The molecule has 1 fully saturated rings. The number of nitrogens with zero attached hydrogens (tertiary/aromatic N) is 2. The van der Waals surface area contributed by atoms with Crippen LogP contribution in [-0.4, -0.2) is 39.2 Å². The molecule has 2 heterocycles. The van der Waals surface area contributed by atoms with E-state index in [1.807, 2.05) is 0 Å². The van der Waals surface area contributed by atoms with E-state index in [4.69, 9.17) is 5.11 Å². The molecule has 1 aliphatic rings. The lowest BCUT2D eigenvalue weighted by molar-refractivity contribution is -0.189. The minimum atomic E-state index is -4.92. The van der Waals surface area contributed by atoms with Gasteiger partial charge in [-0.1, -0.05) is 0 Å². The number of carboxylic acid groups (broad SMARTS) is 1. The van der Waals surface area contributed by atoms with E-state index in [9.17, 15) is 22.8 Å². The van der Waals surface area contributed by atoms with Crippen LogP contribution < -0.4 is 0 Å². The van der Waals surface area contributed by atoms with E-state index in [0.717, 1.165) is 4.90 Å². The second kappa shape index (κ2) is 5.42. The Morgan fingerprint density at radius 2 is 1.95 bits per heavy atom. The highest BCUT2D eigenvalue weighted by Gasteiger charge is 2.45. The smallest absolute Gasteiger partial charge is 0.471 e. The Morgan fingerprint density at radius 1 is 1.29 bits per heavy atom. The van der Waals surface area contributed by atoms with Crippen molar-refractivity contribution in [1.29, 1.82) is 0 Å². The summed E-state index contributed by atoms with van der Waals surface area (Å²) in [6.45, 7) is 0.0244. The number of alkyl halides is 3. The molecule has 8 heteroatoms. The number of carbonyl (C=O) groups excluding carboxylic acids is 1. The lowest BCUT2D eigenvalue weighted by Gasteiger charge is -2.36. The molecule has 0 spiro atoms. The van der Waals surface area contributed by atoms with Crippen molar-refractivity contribution in [2.75, 3.05) is 6.54 Å². The van der Waals surface area contributed by atoms with Crippen LogP contribution in [0.5, 0.6) is 0 Å². The van der Waals surface area contributed by atoms with E-state index < -0.39 is 24.1 Å². The fourth-order valence-corrected chi connectivity index (χ4v) is 2.72. The van der Waals surface area contributed by atoms with Crippen LogP contribution in [0.2, 0.25) is 0 Å². The predicted molar refractivity (Wildman–Crippen MR) is 66.7 cm³/mol. The van der Waals surface area contributed by atoms with Gasteiger partial charge in [-0.25, -0.2) is 4.79 Å². The van der Waals surface area contributed by atoms with Gasteiger partial charge in [0.1, 0.15) is 5.69 Å². The molecule has 1 amide bonds. The van der Waals surface area contributed by atoms with E-state index in [1.165, 1.54) is 23.7 Å². The summed E-state index contributed by atoms with van der Waals surface area (Å²) in [5, 5.41) is 9.00. The molecule has 0 saturated carbocycles. The molecule has 0 aliphatic carbocycles. The molecule has 1 aliphatic heterocycles. The van der Waals surface area contributed by atoms with Gasteiger partial charge in [-0.15, -0.1) is 0 Å². The SMILES string of the molecule is Cn1c(C(=O)O)ccc1C1CCCCN1C(=O)C(F)(F)F. The summed E-state index contributed by atoms with van der Waals surface area (Å²) in [6.07, 6.45) is -3.33. The summed E-state index contributed by atoms with van der Waals surface area (Å²) in [7, 11) is 1.48. The molecule has 1 aromatic heterocycles. The maximum absolute atomic E-state index is 12.7. The second-order valence-electron chi connectivity index (χ2n) is 5.02. The number of hydrogen-bond acceptors (Lipinski definition) is 2. The van der Waals surface area contributed by atoms with Gasteiger partial charge < -0.3 is 14.6 Å².